The van der Waals surface area contributed by atoms with E-state index in [2.05, 4.69) is 0 Å². The molecule has 1 aromatic rings. The molecule has 0 bridgehead atoms. The Kier molecular flexibility index (Phi) is 4.22. The molecule has 0 aliphatic rings. The highest BCUT2D eigenvalue weighted by molar-refractivity contribution is 5.30. The van der Waals surface area contributed by atoms with E-state index >= 15 is 0 Å². The lowest BCUT2D eigenvalue weighted by Crippen LogP contribution is -2.18. The van der Waals surface area contributed by atoms with E-state index in [0.29, 0.717) is 12.2 Å². The van der Waals surface area contributed by atoms with Crippen molar-refractivity contribution in [3.8, 4) is 11.5 Å². The maximum Gasteiger partial charge on any atom is 0.119 e. The molecule has 0 fully saturated rings. The van der Waals surface area contributed by atoms with Crippen molar-refractivity contribution in [2.75, 3.05) is 13.2 Å². The summed E-state index contributed by atoms with van der Waals surface area (Å²) in [5, 5.41) is 26.7. The standard InChI is InChI=1S/C10H14O4/c11-6-5-9(13)7-14-10-3-1-8(12)2-4-10/h1-4,9,11-13H,5-7H2. The van der Waals surface area contributed by atoms with Crippen molar-refractivity contribution in [3.05, 3.63) is 24.3 Å². The van der Waals surface area contributed by atoms with Gasteiger partial charge in [-0.1, -0.05) is 0 Å². The summed E-state index contributed by atoms with van der Waals surface area (Å²) in [7, 11) is 0. The summed E-state index contributed by atoms with van der Waals surface area (Å²) in [5.41, 5.74) is 0. The first-order valence-electron chi connectivity index (χ1n) is 4.43. The molecule has 0 saturated heterocycles. The second-order valence-electron chi connectivity index (χ2n) is 2.97. The molecule has 1 aromatic carbocycles. The predicted octanol–water partition coefficient (Wildman–Crippen LogP) is 0.514. The Balaban J connectivity index is 2.34. The Labute approximate surface area is 82.4 Å². The maximum absolute atomic E-state index is 9.23. The number of ether oxygens (including phenoxy) is 1. The van der Waals surface area contributed by atoms with Crippen LogP contribution in [-0.4, -0.2) is 34.6 Å². The second-order valence-corrected chi connectivity index (χ2v) is 2.97. The van der Waals surface area contributed by atoms with E-state index in [1.54, 1.807) is 12.1 Å². The van der Waals surface area contributed by atoms with Crippen LogP contribution in [0, 0.1) is 0 Å². The van der Waals surface area contributed by atoms with Crippen LogP contribution < -0.4 is 4.74 Å². The summed E-state index contributed by atoms with van der Waals surface area (Å²) in [6, 6.07) is 6.24. The van der Waals surface area contributed by atoms with Crippen LogP contribution in [0.3, 0.4) is 0 Å². The highest BCUT2D eigenvalue weighted by Gasteiger charge is 2.03. The second kappa shape index (κ2) is 5.47. The molecule has 0 radical (unpaired) electrons. The number of phenolic OH excluding ortho intramolecular Hbond substituents is 1. The van der Waals surface area contributed by atoms with Gasteiger partial charge in [-0.3, -0.25) is 0 Å². The average molecular weight is 198 g/mol. The van der Waals surface area contributed by atoms with Crippen molar-refractivity contribution in [1.82, 2.24) is 0 Å². The molecule has 3 N–H and O–H groups in total. The van der Waals surface area contributed by atoms with E-state index in [0.717, 1.165) is 0 Å². The molecule has 0 aliphatic carbocycles. The monoisotopic (exact) mass is 198 g/mol. The zero-order chi connectivity index (χ0) is 10.4. The first-order valence-corrected chi connectivity index (χ1v) is 4.43. The number of aliphatic hydroxyl groups excluding tert-OH is 2. The molecule has 1 unspecified atom stereocenters. The number of rotatable bonds is 5. The summed E-state index contributed by atoms with van der Waals surface area (Å²) < 4.78 is 5.20. The molecule has 0 aromatic heterocycles. The fraction of sp³-hybridized carbons (Fsp3) is 0.400. The summed E-state index contributed by atoms with van der Waals surface area (Å²) in [6.45, 7) is 0.0887. The third kappa shape index (κ3) is 3.64. The first kappa shape index (κ1) is 10.8. The molecule has 0 saturated carbocycles. The summed E-state index contributed by atoms with van der Waals surface area (Å²) >= 11 is 0. The van der Waals surface area contributed by atoms with Gasteiger partial charge >= 0.3 is 0 Å². The van der Waals surface area contributed by atoms with E-state index in [1.165, 1.54) is 12.1 Å². The molecule has 1 atom stereocenters. The molecule has 4 nitrogen and oxygen atoms in total. The van der Waals surface area contributed by atoms with Crippen molar-refractivity contribution in [2.24, 2.45) is 0 Å². The molecule has 78 valence electrons. The molecule has 0 amide bonds. The summed E-state index contributed by atoms with van der Waals surface area (Å²) in [6.07, 6.45) is -0.355. The van der Waals surface area contributed by atoms with Crippen LogP contribution in [-0.2, 0) is 0 Å². The van der Waals surface area contributed by atoms with Gasteiger partial charge in [-0.2, -0.15) is 0 Å². The minimum absolute atomic E-state index is 0.0555. The van der Waals surface area contributed by atoms with Crippen molar-refractivity contribution >= 4 is 0 Å². The van der Waals surface area contributed by atoms with Gasteiger partial charge < -0.3 is 20.1 Å². The number of hydrogen-bond acceptors (Lipinski definition) is 4. The molecule has 0 aliphatic heterocycles. The summed E-state index contributed by atoms with van der Waals surface area (Å²) in [4.78, 5) is 0. The van der Waals surface area contributed by atoms with E-state index in [4.69, 9.17) is 14.9 Å². The van der Waals surface area contributed by atoms with Gasteiger partial charge in [0.15, 0.2) is 0 Å². The Bertz CT molecular complexity index is 257. The topological polar surface area (TPSA) is 69.9 Å². The summed E-state index contributed by atoms with van der Waals surface area (Å²) in [5.74, 6) is 0.757. The van der Waals surface area contributed by atoms with Crippen molar-refractivity contribution in [3.63, 3.8) is 0 Å². The predicted molar refractivity (Wildman–Crippen MR) is 51.3 cm³/mol. The zero-order valence-electron chi connectivity index (χ0n) is 7.76. The number of benzene rings is 1. The zero-order valence-corrected chi connectivity index (χ0v) is 7.76. The Morgan fingerprint density at radius 3 is 2.43 bits per heavy atom. The van der Waals surface area contributed by atoms with Gasteiger partial charge in [0.25, 0.3) is 0 Å². The maximum atomic E-state index is 9.23. The van der Waals surface area contributed by atoms with Gasteiger partial charge in [0.2, 0.25) is 0 Å². The minimum Gasteiger partial charge on any atom is -0.508 e. The fourth-order valence-corrected chi connectivity index (χ4v) is 0.967. The van der Waals surface area contributed by atoms with Crippen LogP contribution in [0.1, 0.15) is 6.42 Å². The molecular weight excluding hydrogens is 184 g/mol. The van der Waals surface area contributed by atoms with Gasteiger partial charge in [-0.15, -0.1) is 0 Å². The van der Waals surface area contributed by atoms with Gasteiger partial charge in [-0.05, 0) is 30.7 Å². The minimum atomic E-state index is -0.659. The lowest BCUT2D eigenvalue weighted by molar-refractivity contribution is 0.0821. The van der Waals surface area contributed by atoms with Gasteiger partial charge in [0.1, 0.15) is 18.1 Å². The van der Waals surface area contributed by atoms with Crippen LogP contribution in [0.25, 0.3) is 0 Å². The van der Waals surface area contributed by atoms with Gasteiger partial charge in [0, 0.05) is 6.61 Å². The fourth-order valence-electron chi connectivity index (χ4n) is 0.967. The number of hydrogen-bond donors (Lipinski definition) is 3. The van der Waals surface area contributed by atoms with Gasteiger partial charge in [-0.25, -0.2) is 0 Å². The Hall–Kier alpha value is -1.26. The molecular formula is C10H14O4. The van der Waals surface area contributed by atoms with E-state index in [-0.39, 0.29) is 19.0 Å². The van der Waals surface area contributed by atoms with Crippen molar-refractivity contribution < 1.29 is 20.1 Å². The molecule has 14 heavy (non-hydrogen) atoms. The molecule has 0 spiro atoms. The normalized spacial score (nSPS) is 12.4. The van der Waals surface area contributed by atoms with Crippen LogP contribution in [0.5, 0.6) is 11.5 Å². The third-order valence-corrected chi connectivity index (χ3v) is 1.74. The van der Waals surface area contributed by atoms with Crippen LogP contribution in [0.2, 0.25) is 0 Å². The molecule has 1 rings (SSSR count). The van der Waals surface area contributed by atoms with Crippen molar-refractivity contribution in [1.29, 1.82) is 0 Å². The third-order valence-electron chi connectivity index (χ3n) is 1.74. The lowest BCUT2D eigenvalue weighted by Gasteiger charge is -2.10. The Morgan fingerprint density at radius 2 is 1.86 bits per heavy atom. The van der Waals surface area contributed by atoms with Gasteiger partial charge in [0.05, 0.1) is 6.10 Å². The van der Waals surface area contributed by atoms with Crippen LogP contribution in [0.15, 0.2) is 24.3 Å². The number of aliphatic hydroxyl groups is 2. The number of aromatic hydroxyl groups is 1. The highest BCUT2D eigenvalue weighted by atomic mass is 16.5. The van der Waals surface area contributed by atoms with Crippen LogP contribution in [0.4, 0.5) is 0 Å². The SMILES string of the molecule is OCCC(O)COc1ccc(O)cc1. The Morgan fingerprint density at radius 1 is 1.21 bits per heavy atom. The largest absolute Gasteiger partial charge is 0.508 e. The van der Waals surface area contributed by atoms with Crippen LogP contribution >= 0.6 is 0 Å². The number of phenols is 1. The van der Waals surface area contributed by atoms with E-state index < -0.39 is 6.10 Å². The average Bonchev–Trinajstić information content (AvgIpc) is 2.17. The molecule has 4 heteroatoms. The smallest absolute Gasteiger partial charge is 0.119 e. The quantitative estimate of drug-likeness (QED) is 0.645. The first-order chi connectivity index (χ1) is 6.72. The van der Waals surface area contributed by atoms with Crippen molar-refractivity contribution in [2.45, 2.75) is 12.5 Å². The highest BCUT2D eigenvalue weighted by Crippen LogP contribution is 2.16. The molecule has 0 heterocycles. The van der Waals surface area contributed by atoms with E-state index in [9.17, 15) is 5.11 Å². The lowest BCUT2D eigenvalue weighted by atomic mass is 10.3. The van der Waals surface area contributed by atoms with E-state index in [1.807, 2.05) is 0 Å².